The molecule has 1 aliphatic rings. The number of ether oxygens (including phenoxy) is 1. The molecule has 1 saturated heterocycles. The van der Waals surface area contributed by atoms with Gasteiger partial charge in [0, 0.05) is 13.2 Å². The number of fused-ring (bicyclic) bond motifs is 1. The lowest BCUT2D eigenvalue weighted by molar-refractivity contribution is -0.136. The molecule has 2 unspecified atom stereocenters. The molecule has 2 aromatic rings. The van der Waals surface area contributed by atoms with Gasteiger partial charge in [-0.25, -0.2) is 0 Å². The van der Waals surface area contributed by atoms with E-state index in [-0.39, 0.29) is 18.1 Å². The van der Waals surface area contributed by atoms with Gasteiger partial charge in [-0.15, -0.1) is 0 Å². The van der Waals surface area contributed by atoms with Gasteiger partial charge < -0.3 is 15.8 Å². The van der Waals surface area contributed by atoms with Gasteiger partial charge in [0.2, 0.25) is 5.91 Å². The SMILES string of the molecule is NCC(NC(=O)C1CCCCO1)c1ccc2ccccc2c1. The van der Waals surface area contributed by atoms with Crippen LogP contribution in [0, 0.1) is 0 Å². The first kappa shape index (κ1) is 15.0. The molecule has 0 saturated carbocycles. The van der Waals surface area contributed by atoms with Gasteiger partial charge in [0.1, 0.15) is 6.10 Å². The highest BCUT2D eigenvalue weighted by molar-refractivity contribution is 5.84. The Kier molecular flexibility index (Phi) is 4.71. The highest BCUT2D eigenvalue weighted by Crippen LogP contribution is 2.21. The van der Waals surface area contributed by atoms with Crippen LogP contribution in [0.5, 0.6) is 0 Å². The summed E-state index contributed by atoms with van der Waals surface area (Å²) in [4.78, 5) is 12.3. The highest BCUT2D eigenvalue weighted by atomic mass is 16.5. The Labute approximate surface area is 130 Å². The summed E-state index contributed by atoms with van der Waals surface area (Å²) in [7, 11) is 0. The zero-order valence-electron chi connectivity index (χ0n) is 12.6. The molecule has 4 nitrogen and oxygen atoms in total. The Morgan fingerprint density at radius 3 is 2.77 bits per heavy atom. The Morgan fingerprint density at radius 2 is 2.05 bits per heavy atom. The Morgan fingerprint density at radius 1 is 1.23 bits per heavy atom. The van der Waals surface area contributed by atoms with Crippen LogP contribution in [0.15, 0.2) is 42.5 Å². The number of carbonyl (C=O) groups is 1. The number of amides is 1. The summed E-state index contributed by atoms with van der Waals surface area (Å²) >= 11 is 0. The molecular weight excluding hydrogens is 276 g/mol. The fraction of sp³-hybridized carbons (Fsp3) is 0.389. The fourth-order valence-corrected chi connectivity index (χ4v) is 2.92. The van der Waals surface area contributed by atoms with Crippen LogP contribution < -0.4 is 11.1 Å². The van der Waals surface area contributed by atoms with Crippen molar-refractivity contribution in [3.8, 4) is 0 Å². The first-order valence-electron chi connectivity index (χ1n) is 7.88. The van der Waals surface area contributed by atoms with Crippen LogP contribution in [0.2, 0.25) is 0 Å². The maximum Gasteiger partial charge on any atom is 0.249 e. The van der Waals surface area contributed by atoms with Gasteiger partial charge in [0.05, 0.1) is 6.04 Å². The van der Waals surface area contributed by atoms with E-state index in [0.717, 1.165) is 30.2 Å². The zero-order valence-corrected chi connectivity index (χ0v) is 12.6. The molecule has 3 rings (SSSR count). The summed E-state index contributed by atoms with van der Waals surface area (Å²) in [5.74, 6) is -0.0525. The van der Waals surface area contributed by atoms with E-state index in [0.29, 0.717) is 13.2 Å². The van der Waals surface area contributed by atoms with E-state index in [1.165, 1.54) is 5.39 Å². The molecule has 1 amide bonds. The van der Waals surface area contributed by atoms with Crippen LogP contribution in [0.1, 0.15) is 30.9 Å². The smallest absolute Gasteiger partial charge is 0.249 e. The topological polar surface area (TPSA) is 64.3 Å². The molecule has 4 heteroatoms. The summed E-state index contributed by atoms with van der Waals surface area (Å²) < 4.78 is 5.54. The molecule has 116 valence electrons. The van der Waals surface area contributed by atoms with Gasteiger partial charge in [-0.2, -0.15) is 0 Å². The molecule has 0 radical (unpaired) electrons. The van der Waals surface area contributed by atoms with Gasteiger partial charge in [0.25, 0.3) is 0 Å². The molecule has 2 atom stereocenters. The van der Waals surface area contributed by atoms with Gasteiger partial charge >= 0.3 is 0 Å². The third-order valence-corrected chi connectivity index (χ3v) is 4.20. The number of carbonyl (C=O) groups excluding carboxylic acids is 1. The standard InChI is InChI=1S/C18H22N2O2/c19-12-16(20-18(21)17-7-3-4-10-22-17)15-9-8-13-5-1-2-6-14(13)11-15/h1-2,5-6,8-9,11,16-17H,3-4,7,10,12,19H2,(H,20,21). The van der Waals surface area contributed by atoms with Gasteiger partial charge in [-0.3, -0.25) is 4.79 Å². The average molecular weight is 298 g/mol. The lowest BCUT2D eigenvalue weighted by Gasteiger charge is -2.25. The third kappa shape index (κ3) is 3.29. The van der Waals surface area contributed by atoms with Gasteiger partial charge in [-0.1, -0.05) is 36.4 Å². The lowest BCUT2D eigenvalue weighted by atomic mass is 10.0. The molecule has 3 N–H and O–H groups in total. The third-order valence-electron chi connectivity index (χ3n) is 4.20. The van der Waals surface area contributed by atoms with Crippen LogP contribution in [0.3, 0.4) is 0 Å². The molecule has 0 spiro atoms. The van der Waals surface area contributed by atoms with Crippen molar-refractivity contribution in [1.29, 1.82) is 0 Å². The number of benzene rings is 2. The van der Waals surface area contributed by atoms with Crippen molar-refractivity contribution in [1.82, 2.24) is 5.32 Å². The number of hydrogen-bond donors (Lipinski definition) is 2. The fourth-order valence-electron chi connectivity index (χ4n) is 2.92. The van der Waals surface area contributed by atoms with Crippen LogP contribution in [-0.2, 0) is 9.53 Å². The maximum atomic E-state index is 12.3. The predicted molar refractivity (Wildman–Crippen MR) is 87.5 cm³/mol. The molecule has 0 bridgehead atoms. The van der Waals surface area contributed by atoms with Gasteiger partial charge in [-0.05, 0) is 41.7 Å². The monoisotopic (exact) mass is 298 g/mol. The summed E-state index contributed by atoms with van der Waals surface area (Å²) in [5, 5.41) is 5.37. The van der Waals surface area contributed by atoms with Crippen LogP contribution >= 0.6 is 0 Å². The van der Waals surface area contributed by atoms with E-state index in [4.69, 9.17) is 10.5 Å². The molecule has 1 fully saturated rings. The minimum atomic E-state index is -0.330. The summed E-state index contributed by atoms with van der Waals surface area (Å²) in [5.41, 5.74) is 6.90. The van der Waals surface area contributed by atoms with Crippen LogP contribution in [-0.4, -0.2) is 25.2 Å². The minimum Gasteiger partial charge on any atom is -0.368 e. The molecular formula is C18H22N2O2. The molecule has 0 aliphatic carbocycles. The number of rotatable bonds is 4. The summed E-state index contributed by atoms with van der Waals surface area (Å²) in [6, 6.07) is 14.2. The number of nitrogens with one attached hydrogen (secondary N) is 1. The van der Waals surface area contributed by atoms with Crippen molar-refractivity contribution in [3.05, 3.63) is 48.0 Å². The van der Waals surface area contributed by atoms with Crippen molar-refractivity contribution in [3.63, 3.8) is 0 Å². The Balaban J connectivity index is 1.75. The quantitative estimate of drug-likeness (QED) is 0.911. The average Bonchev–Trinajstić information content (AvgIpc) is 2.59. The molecule has 1 aliphatic heterocycles. The normalized spacial score (nSPS) is 19.8. The van der Waals surface area contributed by atoms with E-state index in [1.54, 1.807) is 0 Å². The first-order valence-corrected chi connectivity index (χ1v) is 7.88. The second-order valence-electron chi connectivity index (χ2n) is 5.76. The van der Waals surface area contributed by atoms with Crippen LogP contribution in [0.4, 0.5) is 0 Å². The van der Waals surface area contributed by atoms with Crippen molar-refractivity contribution in [2.75, 3.05) is 13.2 Å². The second kappa shape index (κ2) is 6.90. The van der Waals surface area contributed by atoms with E-state index >= 15 is 0 Å². The van der Waals surface area contributed by atoms with Crippen molar-refractivity contribution in [2.45, 2.75) is 31.4 Å². The van der Waals surface area contributed by atoms with E-state index in [1.807, 2.05) is 18.2 Å². The molecule has 0 aromatic heterocycles. The Bertz CT molecular complexity index is 650. The number of nitrogens with two attached hydrogens (primary N) is 1. The summed E-state index contributed by atoms with van der Waals surface area (Å²) in [6.45, 7) is 1.04. The van der Waals surface area contributed by atoms with Crippen LogP contribution in [0.25, 0.3) is 10.8 Å². The minimum absolute atomic E-state index is 0.0525. The van der Waals surface area contributed by atoms with E-state index in [9.17, 15) is 4.79 Å². The van der Waals surface area contributed by atoms with Crippen molar-refractivity contribution < 1.29 is 9.53 Å². The lowest BCUT2D eigenvalue weighted by Crippen LogP contribution is -2.42. The van der Waals surface area contributed by atoms with Crippen molar-refractivity contribution >= 4 is 16.7 Å². The first-order chi connectivity index (χ1) is 10.8. The predicted octanol–water partition coefficient (Wildman–Crippen LogP) is 2.52. The van der Waals surface area contributed by atoms with Gasteiger partial charge in [0.15, 0.2) is 0 Å². The zero-order chi connectivity index (χ0) is 15.4. The highest BCUT2D eigenvalue weighted by Gasteiger charge is 2.24. The van der Waals surface area contributed by atoms with Crippen molar-refractivity contribution in [2.24, 2.45) is 5.73 Å². The second-order valence-corrected chi connectivity index (χ2v) is 5.76. The molecule has 22 heavy (non-hydrogen) atoms. The summed E-state index contributed by atoms with van der Waals surface area (Å²) in [6.07, 6.45) is 2.54. The molecule has 2 aromatic carbocycles. The number of hydrogen-bond acceptors (Lipinski definition) is 3. The van der Waals surface area contributed by atoms with E-state index < -0.39 is 0 Å². The maximum absolute atomic E-state index is 12.3. The molecule has 1 heterocycles. The Hall–Kier alpha value is -1.91. The van der Waals surface area contributed by atoms with E-state index in [2.05, 4.69) is 29.6 Å². The largest absolute Gasteiger partial charge is 0.368 e.